The van der Waals surface area contributed by atoms with Gasteiger partial charge in [0.1, 0.15) is 5.75 Å². The highest BCUT2D eigenvalue weighted by Gasteiger charge is 2.13. The van der Waals surface area contributed by atoms with Crippen LogP contribution in [0.15, 0.2) is 35.0 Å². The molecule has 1 aromatic carbocycles. The van der Waals surface area contributed by atoms with Gasteiger partial charge in [0.25, 0.3) is 0 Å². The van der Waals surface area contributed by atoms with E-state index in [4.69, 9.17) is 32.5 Å². The maximum absolute atomic E-state index is 5.98. The van der Waals surface area contributed by atoms with Crippen LogP contribution in [0.25, 0.3) is 0 Å². The zero-order chi connectivity index (χ0) is 11.5. The highest BCUT2D eigenvalue weighted by atomic mass is 35.5. The van der Waals surface area contributed by atoms with Gasteiger partial charge >= 0.3 is 0 Å². The van der Waals surface area contributed by atoms with Gasteiger partial charge in [-0.1, -0.05) is 28.4 Å². The average Bonchev–Trinajstić information content (AvgIpc) is 2.75. The van der Waals surface area contributed by atoms with Gasteiger partial charge in [0.15, 0.2) is 11.9 Å². The molecule has 0 saturated heterocycles. The van der Waals surface area contributed by atoms with E-state index in [-0.39, 0.29) is 6.10 Å². The maximum atomic E-state index is 5.98. The number of nitrogens with zero attached hydrogens (tertiary/aromatic N) is 1. The van der Waals surface area contributed by atoms with E-state index in [0.29, 0.717) is 21.6 Å². The fourth-order valence-corrected chi connectivity index (χ4v) is 1.71. The van der Waals surface area contributed by atoms with Gasteiger partial charge in [0.2, 0.25) is 0 Å². The molecule has 0 fully saturated rings. The van der Waals surface area contributed by atoms with Crippen LogP contribution in [0.2, 0.25) is 10.0 Å². The van der Waals surface area contributed by atoms with E-state index >= 15 is 0 Å². The first-order valence-electron chi connectivity index (χ1n) is 4.69. The summed E-state index contributed by atoms with van der Waals surface area (Å²) in [5, 5.41) is 4.66. The Hall–Kier alpha value is -1.19. The maximum Gasteiger partial charge on any atom is 0.176 e. The van der Waals surface area contributed by atoms with E-state index in [0.717, 1.165) is 0 Å². The van der Waals surface area contributed by atoms with Crippen LogP contribution < -0.4 is 4.74 Å². The summed E-state index contributed by atoms with van der Waals surface area (Å²) in [6.45, 7) is 1.85. The van der Waals surface area contributed by atoms with Crippen molar-refractivity contribution < 1.29 is 9.26 Å². The Morgan fingerprint density at radius 2 is 2.12 bits per heavy atom. The minimum atomic E-state index is -0.249. The first-order valence-corrected chi connectivity index (χ1v) is 5.44. The number of ether oxygens (including phenoxy) is 1. The summed E-state index contributed by atoms with van der Waals surface area (Å²) in [4.78, 5) is 0. The largest absolute Gasteiger partial charge is 0.481 e. The quantitative estimate of drug-likeness (QED) is 0.830. The monoisotopic (exact) mass is 257 g/mol. The number of halogens is 2. The van der Waals surface area contributed by atoms with E-state index in [1.54, 1.807) is 30.5 Å². The molecule has 5 heteroatoms. The van der Waals surface area contributed by atoms with Gasteiger partial charge in [0.05, 0.1) is 11.2 Å². The van der Waals surface area contributed by atoms with Crippen molar-refractivity contribution in [1.82, 2.24) is 5.16 Å². The minimum Gasteiger partial charge on any atom is -0.481 e. The number of rotatable bonds is 3. The Morgan fingerprint density at radius 3 is 2.75 bits per heavy atom. The summed E-state index contributed by atoms with van der Waals surface area (Å²) < 4.78 is 10.6. The highest BCUT2D eigenvalue weighted by Crippen LogP contribution is 2.31. The zero-order valence-electron chi connectivity index (χ0n) is 8.48. The van der Waals surface area contributed by atoms with E-state index in [2.05, 4.69) is 5.16 Å². The first kappa shape index (κ1) is 11.3. The van der Waals surface area contributed by atoms with Crippen molar-refractivity contribution in [2.24, 2.45) is 0 Å². The summed E-state index contributed by atoms with van der Waals surface area (Å²) >= 11 is 11.8. The summed E-state index contributed by atoms with van der Waals surface area (Å²) in [5.74, 6) is 1.21. The Balaban J connectivity index is 2.15. The Kier molecular flexibility index (Phi) is 3.36. The summed E-state index contributed by atoms with van der Waals surface area (Å²) in [6.07, 6.45) is 1.32. The van der Waals surface area contributed by atoms with Gasteiger partial charge in [-0.15, -0.1) is 0 Å². The molecule has 0 saturated carbocycles. The number of hydrogen-bond donors (Lipinski definition) is 0. The predicted molar refractivity (Wildman–Crippen MR) is 62.0 cm³/mol. The zero-order valence-corrected chi connectivity index (χ0v) is 10.00. The molecule has 0 aliphatic carbocycles. The third-order valence-electron chi connectivity index (χ3n) is 2.06. The molecular formula is C11H9Cl2NO2. The Bertz CT molecular complexity index is 471. The van der Waals surface area contributed by atoms with Gasteiger partial charge in [-0.25, -0.2) is 0 Å². The van der Waals surface area contributed by atoms with Crippen molar-refractivity contribution in [3.05, 3.63) is 46.3 Å². The molecule has 1 aromatic heterocycles. The molecular weight excluding hydrogens is 249 g/mol. The summed E-state index contributed by atoms with van der Waals surface area (Å²) in [7, 11) is 0. The molecule has 0 N–H and O–H groups in total. The summed E-state index contributed by atoms with van der Waals surface area (Å²) in [6, 6.07) is 6.81. The molecule has 84 valence electrons. The third-order valence-corrected chi connectivity index (χ3v) is 2.59. The van der Waals surface area contributed by atoms with Gasteiger partial charge in [-0.3, -0.25) is 0 Å². The van der Waals surface area contributed by atoms with Crippen LogP contribution in [-0.4, -0.2) is 5.16 Å². The van der Waals surface area contributed by atoms with Crippen LogP contribution in [-0.2, 0) is 0 Å². The average molecular weight is 258 g/mol. The molecule has 0 spiro atoms. The highest BCUT2D eigenvalue weighted by molar-refractivity contribution is 6.35. The van der Waals surface area contributed by atoms with Gasteiger partial charge in [0, 0.05) is 11.1 Å². The Morgan fingerprint density at radius 1 is 1.31 bits per heavy atom. The van der Waals surface area contributed by atoms with E-state index in [1.807, 2.05) is 6.92 Å². The van der Waals surface area contributed by atoms with Crippen molar-refractivity contribution in [3.8, 4) is 5.75 Å². The van der Waals surface area contributed by atoms with Gasteiger partial charge in [-0.2, -0.15) is 0 Å². The Labute approximate surface area is 103 Å². The standard InChI is InChI=1S/C11H9Cl2NO2/c1-7(10-4-5-14-16-10)15-11-3-2-8(12)6-9(11)13/h2-7H,1H3/t7-/m0/s1. The lowest BCUT2D eigenvalue weighted by Gasteiger charge is -2.12. The van der Waals surface area contributed by atoms with E-state index < -0.39 is 0 Å². The smallest absolute Gasteiger partial charge is 0.176 e. The molecule has 0 amide bonds. The van der Waals surface area contributed by atoms with E-state index in [9.17, 15) is 0 Å². The fourth-order valence-electron chi connectivity index (χ4n) is 1.25. The fraction of sp³-hybridized carbons (Fsp3) is 0.182. The van der Waals surface area contributed by atoms with Crippen LogP contribution in [0.1, 0.15) is 18.8 Å². The van der Waals surface area contributed by atoms with Crippen LogP contribution >= 0.6 is 23.2 Å². The van der Waals surface area contributed by atoms with Crippen molar-refractivity contribution in [1.29, 1.82) is 0 Å². The number of aromatic nitrogens is 1. The lowest BCUT2D eigenvalue weighted by Crippen LogP contribution is -2.02. The molecule has 2 rings (SSSR count). The molecule has 1 atom stereocenters. The van der Waals surface area contributed by atoms with Gasteiger partial charge in [-0.05, 0) is 25.1 Å². The van der Waals surface area contributed by atoms with Crippen molar-refractivity contribution >= 4 is 23.2 Å². The predicted octanol–water partition coefficient (Wildman–Crippen LogP) is 4.12. The lowest BCUT2D eigenvalue weighted by molar-refractivity contribution is 0.182. The SMILES string of the molecule is C[C@H](Oc1ccc(Cl)cc1Cl)c1ccno1. The van der Waals surface area contributed by atoms with Crippen molar-refractivity contribution in [3.63, 3.8) is 0 Å². The minimum absolute atomic E-state index is 0.249. The lowest BCUT2D eigenvalue weighted by atomic mass is 10.3. The van der Waals surface area contributed by atoms with Crippen LogP contribution in [0.4, 0.5) is 0 Å². The number of benzene rings is 1. The second kappa shape index (κ2) is 4.76. The molecule has 2 aromatic rings. The second-order valence-corrected chi connectivity index (χ2v) is 4.09. The molecule has 16 heavy (non-hydrogen) atoms. The topological polar surface area (TPSA) is 35.3 Å². The van der Waals surface area contributed by atoms with Crippen LogP contribution in [0, 0.1) is 0 Å². The molecule has 0 aliphatic heterocycles. The number of hydrogen-bond acceptors (Lipinski definition) is 3. The first-order chi connectivity index (χ1) is 7.66. The third kappa shape index (κ3) is 2.49. The second-order valence-electron chi connectivity index (χ2n) is 3.25. The van der Waals surface area contributed by atoms with Crippen molar-refractivity contribution in [2.45, 2.75) is 13.0 Å². The van der Waals surface area contributed by atoms with Crippen LogP contribution in [0.5, 0.6) is 5.75 Å². The molecule has 0 unspecified atom stereocenters. The summed E-state index contributed by atoms with van der Waals surface area (Å²) in [5.41, 5.74) is 0. The molecule has 0 aliphatic rings. The van der Waals surface area contributed by atoms with Gasteiger partial charge < -0.3 is 9.26 Å². The molecule has 0 radical (unpaired) electrons. The van der Waals surface area contributed by atoms with Crippen LogP contribution in [0.3, 0.4) is 0 Å². The molecule has 3 nitrogen and oxygen atoms in total. The van der Waals surface area contributed by atoms with Crippen molar-refractivity contribution in [2.75, 3.05) is 0 Å². The molecule has 0 bridgehead atoms. The molecule has 1 heterocycles. The normalized spacial score (nSPS) is 12.4. The van der Waals surface area contributed by atoms with E-state index in [1.165, 1.54) is 0 Å².